The second-order valence-electron chi connectivity index (χ2n) is 7.47. The molecular weight excluding hydrogens is 424 g/mol. The van der Waals surface area contributed by atoms with Crippen molar-refractivity contribution in [3.63, 3.8) is 0 Å². The lowest BCUT2D eigenvalue weighted by molar-refractivity contribution is 0.187. The Bertz CT molecular complexity index is 1310. The summed E-state index contributed by atoms with van der Waals surface area (Å²) in [5.74, 6) is 0.809. The molecule has 1 aliphatic rings. The summed E-state index contributed by atoms with van der Waals surface area (Å²) in [5, 5.41) is 11.3. The molecule has 0 unspecified atom stereocenters. The molecule has 3 aromatic heterocycles. The second kappa shape index (κ2) is 8.08. The topological polar surface area (TPSA) is 94.0 Å². The van der Waals surface area contributed by atoms with Crippen molar-refractivity contribution in [2.24, 2.45) is 0 Å². The zero-order valence-electron chi connectivity index (χ0n) is 18.0. The zero-order valence-corrected chi connectivity index (χ0v) is 18.8. The van der Waals surface area contributed by atoms with E-state index in [9.17, 15) is 4.79 Å². The Balaban J connectivity index is 1.71. The zero-order chi connectivity index (χ0) is 22.2. The van der Waals surface area contributed by atoms with Gasteiger partial charge in [0.2, 0.25) is 0 Å². The van der Waals surface area contributed by atoms with Crippen LogP contribution in [0.1, 0.15) is 16.8 Å². The summed E-state index contributed by atoms with van der Waals surface area (Å²) in [6.45, 7) is 2.08. The minimum Gasteiger partial charge on any atom is -0.453 e. The van der Waals surface area contributed by atoms with E-state index in [2.05, 4.69) is 39.7 Å². The number of aryl methyl sites for hydroxylation is 2. The van der Waals surface area contributed by atoms with Crippen LogP contribution in [0.4, 0.5) is 15.7 Å². The third kappa shape index (κ3) is 3.40. The van der Waals surface area contributed by atoms with Crippen molar-refractivity contribution >= 4 is 28.4 Å². The third-order valence-corrected chi connectivity index (χ3v) is 6.56. The van der Waals surface area contributed by atoms with Crippen molar-refractivity contribution in [3.8, 4) is 27.5 Å². The van der Waals surface area contributed by atoms with Gasteiger partial charge in [-0.2, -0.15) is 5.10 Å². The van der Waals surface area contributed by atoms with Crippen LogP contribution in [0.15, 0.2) is 42.6 Å². The molecule has 0 saturated heterocycles. The lowest BCUT2D eigenvalue weighted by Crippen LogP contribution is -2.10. The Morgan fingerprint density at radius 1 is 1.19 bits per heavy atom. The quantitative estimate of drug-likeness (QED) is 0.473. The van der Waals surface area contributed by atoms with Crippen LogP contribution in [0.3, 0.4) is 0 Å². The number of carbonyl (C=O) groups excluding carboxylic acids is 1. The standard InChI is InChI=1S/C23H22N6O2S/c1-13-6-4-5-7-17(13)29-20-15(19(28-29)14-8-11-18(24-2)25-12-14)9-10-16-21(20)32-22(26-16)27-23(30)31-3/h4-8,11-12H,9-10H2,1-3H3,(H,24,25)(H,26,27,30). The molecule has 0 bridgehead atoms. The number of thiazole rings is 1. The SMILES string of the molecule is CNc1ccc(-c2nn(-c3ccccc3C)c3c2CCc2nc(NC(=O)OC)sc2-3)cn1. The number of nitrogens with zero attached hydrogens (tertiary/aromatic N) is 4. The first-order chi connectivity index (χ1) is 15.6. The van der Waals surface area contributed by atoms with Crippen LogP contribution in [0.25, 0.3) is 27.5 Å². The normalized spacial score (nSPS) is 12.1. The predicted molar refractivity (Wildman–Crippen MR) is 126 cm³/mol. The summed E-state index contributed by atoms with van der Waals surface area (Å²) in [6.07, 6.45) is 2.90. The van der Waals surface area contributed by atoms with E-state index in [-0.39, 0.29) is 0 Å². The average molecular weight is 447 g/mol. The van der Waals surface area contributed by atoms with Crippen LogP contribution in [-0.2, 0) is 17.6 Å². The number of hydrogen-bond acceptors (Lipinski definition) is 7. The summed E-state index contributed by atoms with van der Waals surface area (Å²) < 4.78 is 6.74. The Hall–Kier alpha value is -3.72. The molecule has 3 heterocycles. The molecule has 2 N–H and O–H groups in total. The minimum absolute atomic E-state index is 0.522. The second-order valence-corrected chi connectivity index (χ2v) is 8.47. The van der Waals surface area contributed by atoms with Gasteiger partial charge in [-0.3, -0.25) is 5.32 Å². The number of fused-ring (bicyclic) bond motifs is 3. The van der Waals surface area contributed by atoms with Gasteiger partial charge in [0, 0.05) is 24.4 Å². The van der Waals surface area contributed by atoms with Crippen LogP contribution in [0.5, 0.6) is 0 Å². The molecule has 0 radical (unpaired) electrons. The highest BCUT2D eigenvalue weighted by Gasteiger charge is 2.30. The van der Waals surface area contributed by atoms with Crippen molar-refractivity contribution in [1.82, 2.24) is 19.7 Å². The molecule has 0 aliphatic heterocycles. The molecule has 0 spiro atoms. The van der Waals surface area contributed by atoms with Gasteiger partial charge in [-0.1, -0.05) is 29.5 Å². The fourth-order valence-electron chi connectivity index (χ4n) is 3.95. The summed E-state index contributed by atoms with van der Waals surface area (Å²) in [7, 11) is 3.19. The number of aromatic nitrogens is 4. The van der Waals surface area contributed by atoms with E-state index in [1.165, 1.54) is 18.4 Å². The monoisotopic (exact) mass is 446 g/mol. The maximum Gasteiger partial charge on any atom is 0.413 e. The minimum atomic E-state index is -0.528. The van der Waals surface area contributed by atoms with Crippen molar-refractivity contribution in [1.29, 1.82) is 0 Å². The van der Waals surface area contributed by atoms with Gasteiger partial charge in [-0.15, -0.1) is 0 Å². The molecule has 5 rings (SSSR count). The smallest absolute Gasteiger partial charge is 0.413 e. The molecule has 1 amide bonds. The maximum atomic E-state index is 11.7. The van der Waals surface area contributed by atoms with E-state index in [1.54, 1.807) is 0 Å². The molecule has 0 fully saturated rings. The number of carbonyl (C=O) groups is 1. The Labute approximate surface area is 189 Å². The number of pyridine rings is 1. The van der Waals surface area contributed by atoms with Crippen LogP contribution in [0.2, 0.25) is 0 Å². The van der Waals surface area contributed by atoms with E-state index < -0.39 is 6.09 Å². The number of benzene rings is 1. The maximum absolute atomic E-state index is 11.7. The fourth-order valence-corrected chi connectivity index (χ4v) is 5.01. The van der Waals surface area contributed by atoms with Gasteiger partial charge < -0.3 is 10.1 Å². The molecule has 32 heavy (non-hydrogen) atoms. The first-order valence-corrected chi connectivity index (χ1v) is 11.1. The molecule has 162 valence electrons. The van der Waals surface area contributed by atoms with Gasteiger partial charge in [0.15, 0.2) is 5.13 Å². The first-order valence-electron chi connectivity index (χ1n) is 10.3. The van der Waals surface area contributed by atoms with E-state index in [1.807, 2.05) is 42.2 Å². The highest BCUT2D eigenvalue weighted by Crippen LogP contribution is 2.44. The van der Waals surface area contributed by atoms with Crippen molar-refractivity contribution < 1.29 is 9.53 Å². The molecule has 1 aliphatic carbocycles. The first kappa shape index (κ1) is 20.2. The molecule has 8 nitrogen and oxygen atoms in total. The van der Waals surface area contributed by atoms with Crippen LogP contribution in [0, 0.1) is 6.92 Å². The van der Waals surface area contributed by atoms with Gasteiger partial charge >= 0.3 is 6.09 Å². The third-order valence-electron chi connectivity index (χ3n) is 5.54. The van der Waals surface area contributed by atoms with Crippen LogP contribution < -0.4 is 10.6 Å². The number of amides is 1. The number of rotatable bonds is 4. The molecule has 4 aromatic rings. The van der Waals surface area contributed by atoms with Crippen LogP contribution >= 0.6 is 11.3 Å². The summed E-state index contributed by atoms with van der Waals surface area (Å²) in [5.41, 5.74) is 7.15. The lowest BCUT2D eigenvalue weighted by atomic mass is 9.95. The van der Waals surface area contributed by atoms with Gasteiger partial charge in [0.25, 0.3) is 0 Å². The average Bonchev–Trinajstić information content (AvgIpc) is 3.40. The summed E-state index contributed by atoms with van der Waals surface area (Å²) >= 11 is 1.44. The van der Waals surface area contributed by atoms with Gasteiger partial charge in [-0.05, 0) is 43.5 Å². The summed E-state index contributed by atoms with van der Waals surface area (Å²) in [6, 6.07) is 12.2. The number of nitrogens with one attached hydrogen (secondary N) is 2. The number of anilines is 2. The highest BCUT2D eigenvalue weighted by molar-refractivity contribution is 7.19. The number of para-hydroxylation sites is 1. The van der Waals surface area contributed by atoms with Crippen LogP contribution in [-0.4, -0.2) is 40.0 Å². The molecule has 0 atom stereocenters. The summed E-state index contributed by atoms with van der Waals surface area (Å²) in [4.78, 5) is 21.9. The molecular formula is C23H22N6O2S. The van der Waals surface area contributed by atoms with Gasteiger partial charge in [0.1, 0.15) is 5.82 Å². The molecule has 1 aromatic carbocycles. The number of ether oxygens (including phenoxy) is 1. The fraction of sp³-hybridized carbons (Fsp3) is 0.217. The van der Waals surface area contributed by atoms with E-state index in [4.69, 9.17) is 9.84 Å². The van der Waals surface area contributed by atoms with E-state index in [0.717, 1.165) is 63.0 Å². The van der Waals surface area contributed by atoms with Crippen molar-refractivity contribution in [3.05, 3.63) is 59.4 Å². The largest absolute Gasteiger partial charge is 0.453 e. The van der Waals surface area contributed by atoms with Gasteiger partial charge in [0.05, 0.1) is 34.8 Å². The van der Waals surface area contributed by atoms with Crippen molar-refractivity contribution in [2.75, 3.05) is 24.8 Å². The van der Waals surface area contributed by atoms with Crippen molar-refractivity contribution in [2.45, 2.75) is 19.8 Å². The highest BCUT2D eigenvalue weighted by atomic mass is 32.1. The van der Waals surface area contributed by atoms with E-state index in [0.29, 0.717) is 5.13 Å². The Morgan fingerprint density at radius 2 is 2.03 bits per heavy atom. The molecule has 9 heteroatoms. The van der Waals surface area contributed by atoms with E-state index >= 15 is 0 Å². The Kier molecular flexibility index (Phi) is 5.10. The predicted octanol–water partition coefficient (Wildman–Crippen LogP) is 4.68. The number of hydrogen-bond donors (Lipinski definition) is 2. The molecule has 0 saturated carbocycles. The lowest BCUT2D eigenvalue weighted by Gasteiger charge is -2.15. The number of methoxy groups -OCH3 is 1. The Morgan fingerprint density at radius 3 is 2.75 bits per heavy atom. The van der Waals surface area contributed by atoms with Gasteiger partial charge in [-0.25, -0.2) is 19.4 Å².